The molecule has 0 atom stereocenters. The van der Waals surface area contributed by atoms with Crippen LogP contribution in [0, 0.1) is 12.8 Å². The monoisotopic (exact) mass is 471 g/mol. The number of sulfonamides is 1. The number of carbonyl (C=O) groups excluding carboxylic acids is 2. The lowest BCUT2D eigenvalue weighted by Gasteiger charge is -2.13. The van der Waals surface area contributed by atoms with Gasteiger partial charge in [-0.25, -0.2) is 13.1 Å². The molecule has 0 unspecified atom stereocenters. The molecule has 7 nitrogen and oxygen atoms in total. The van der Waals surface area contributed by atoms with Crippen LogP contribution in [0.15, 0.2) is 64.9 Å². The van der Waals surface area contributed by atoms with Crippen LogP contribution in [-0.2, 0) is 21.4 Å². The van der Waals surface area contributed by atoms with Crippen LogP contribution in [0.1, 0.15) is 34.6 Å². The van der Waals surface area contributed by atoms with Crippen LogP contribution in [0.2, 0.25) is 0 Å². The van der Waals surface area contributed by atoms with Crippen molar-refractivity contribution in [3.63, 3.8) is 0 Å². The second kappa shape index (κ2) is 10.1. The zero-order valence-corrected chi connectivity index (χ0v) is 19.6. The van der Waals surface area contributed by atoms with E-state index in [-0.39, 0.29) is 29.2 Å². The zero-order valence-electron chi connectivity index (χ0n) is 18.0. The summed E-state index contributed by atoms with van der Waals surface area (Å²) >= 11 is 1.47. The summed E-state index contributed by atoms with van der Waals surface area (Å²) in [5.74, 6) is -0.657. The van der Waals surface area contributed by atoms with Gasteiger partial charge in [0.25, 0.3) is 5.91 Å². The predicted octanol–water partition coefficient (Wildman–Crippen LogP) is 4.38. The average molecular weight is 472 g/mol. The first kappa shape index (κ1) is 23.6. The second-order valence-electron chi connectivity index (χ2n) is 7.56. The molecule has 0 aliphatic rings. The third kappa shape index (κ3) is 6.03. The molecule has 0 aliphatic heterocycles. The maximum Gasteiger partial charge on any atom is 0.255 e. The maximum absolute atomic E-state index is 12.7. The molecule has 3 aromatic rings. The molecule has 0 radical (unpaired) electrons. The minimum absolute atomic E-state index is 0.0835. The molecular weight excluding hydrogens is 446 g/mol. The summed E-state index contributed by atoms with van der Waals surface area (Å²) in [6.07, 6.45) is 0. The summed E-state index contributed by atoms with van der Waals surface area (Å²) in [5.41, 5.74) is 2.30. The van der Waals surface area contributed by atoms with E-state index in [9.17, 15) is 18.0 Å². The molecule has 2 amide bonds. The van der Waals surface area contributed by atoms with Crippen molar-refractivity contribution in [3.05, 3.63) is 76.0 Å². The Balaban J connectivity index is 1.69. The molecular formula is C23H25N3O4S2. The van der Waals surface area contributed by atoms with Crippen LogP contribution in [0.3, 0.4) is 0 Å². The zero-order chi connectivity index (χ0) is 23.3. The number of hydrogen-bond acceptors (Lipinski definition) is 5. The normalized spacial score (nSPS) is 11.4. The molecule has 3 rings (SSSR count). The highest BCUT2D eigenvalue weighted by atomic mass is 32.2. The number of aryl methyl sites for hydroxylation is 1. The Bertz CT molecular complexity index is 1200. The first-order chi connectivity index (χ1) is 15.2. The van der Waals surface area contributed by atoms with Gasteiger partial charge in [0, 0.05) is 34.3 Å². The molecule has 0 aliphatic carbocycles. The largest absolute Gasteiger partial charge is 0.326 e. The van der Waals surface area contributed by atoms with Crippen molar-refractivity contribution in [3.8, 4) is 0 Å². The Kier molecular flexibility index (Phi) is 7.44. The van der Waals surface area contributed by atoms with Gasteiger partial charge in [-0.1, -0.05) is 26.0 Å². The summed E-state index contributed by atoms with van der Waals surface area (Å²) in [4.78, 5) is 25.6. The summed E-state index contributed by atoms with van der Waals surface area (Å²) in [6, 6.07) is 14.7. The molecule has 0 fully saturated rings. The molecule has 2 aromatic carbocycles. The summed E-state index contributed by atoms with van der Waals surface area (Å²) in [7, 11) is -3.68. The molecule has 9 heteroatoms. The summed E-state index contributed by atoms with van der Waals surface area (Å²) in [6.45, 7) is 5.66. The lowest BCUT2D eigenvalue weighted by atomic mass is 10.1. The topological polar surface area (TPSA) is 104 Å². The third-order valence-electron chi connectivity index (χ3n) is 4.72. The van der Waals surface area contributed by atoms with E-state index in [2.05, 4.69) is 15.4 Å². The van der Waals surface area contributed by atoms with E-state index in [1.165, 1.54) is 35.6 Å². The third-order valence-corrected chi connectivity index (χ3v) is 7.01. The van der Waals surface area contributed by atoms with Crippen molar-refractivity contribution < 1.29 is 18.0 Å². The van der Waals surface area contributed by atoms with E-state index in [0.29, 0.717) is 16.9 Å². The minimum Gasteiger partial charge on any atom is -0.326 e. The van der Waals surface area contributed by atoms with E-state index in [0.717, 1.165) is 10.4 Å². The van der Waals surface area contributed by atoms with Crippen molar-refractivity contribution in [1.82, 2.24) is 4.72 Å². The summed E-state index contributed by atoms with van der Waals surface area (Å²) in [5, 5.41) is 7.50. The van der Waals surface area contributed by atoms with Crippen LogP contribution in [0.5, 0.6) is 0 Å². The maximum atomic E-state index is 12.7. The van der Waals surface area contributed by atoms with Crippen molar-refractivity contribution in [2.75, 3.05) is 10.6 Å². The molecule has 32 heavy (non-hydrogen) atoms. The standard InChI is InChI=1S/C23H25N3O4S2/c1-15(2)22(27)25-18-9-6-16(3)21(13-18)26-23(28)17-7-10-20(11-8-17)32(29,30)24-14-19-5-4-12-31-19/h4-13,15,24H,14H2,1-3H3,(H,25,27)(H,26,28). The van der Waals surface area contributed by atoms with E-state index < -0.39 is 10.0 Å². The highest BCUT2D eigenvalue weighted by Gasteiger charge is 2.16. The number of amides is 2. The fourth-order valence-electron chi connectivity index (χ4n) is 2.76. The average Bonchev–Trinajstić information content (AvgIpc) is 3.28. The Morgan fingerprint density at radius 2 is 1.72 bits per heavy atom. The Morgan fingerprint density at radius 1 is 1.00 bits per heavy atom. The molecule has 168 valence electrons. The molecule has 3 N–H and O–H groups in total. The number of thiophene rings is 1. The fourth-order valence-corrected chi connectivity index (χ4v) is 4.51. The van der Waals surface area contributed by atoms with Gasteiger partial charge in [0.15, 0.2) is 0 Å². The van der Waals surface area contributed by atoms with Crippen molar-refractivity contribution in [2.45, 2.75) is 32.2 Å². The fraction of sp³-hybridized carbons (Fsp3) is 0.217. The highest BCUT2D eigenvalue weighted by molar-refractivity contribution is 7.89. The molecule has 1 aromatic heterocycles. The summed E-state index contributed by atoms with van der Waals surface area (Å²) < 4.78 is 27.5. The van der Waals surface area contributed by atoms with Crippen molar-refractivity contribution in [2.24, 2.45) is 5.92 Å². The Labute approximate surface area is 191 Å². The van der Waals surface area contributed by atoms with Gasteiger partial charge in [-0.2, -0.15) is 0 Å². The van der Waals surface area contributed by atoms with Crippen LogP contribution in [0.25, 0.3) is 0 Å². The number of carbonyl (C=O) groups is 2. The SMILES string of the molecule is Cc1ccc(NC(=O)C(C)C)cc1NC(=O)c1ccc(S(=O)(=O)NCc2cccs2)cc1. The van der Waals surface area contributed by atoms with Crippen molar-refractivity contribution in [1.29, 1.82) is 0 Å². The minimum atomic E-state index is -3.68. The smallest absolute Gasteiger partial charge is 0.255 e. The van der Waals surface area contributed by atoms with Crippen LogP contribution >= 0.6 is 11.3 Å². The Hall–Kier alpha value is -3.01. The van der Waals surface area contributed by atoms with Gasteiger partial charge >= 0.3 is 0 Å². The van der Waals surface area contributed by atoms with Crippen LogP contribution in [-0.4, -0.2) is 20.2 Å². The number of rotatable bonds is 8. The first-order valence-corrected chi connectivity index (χ1v) is 12.4. The van der Waals surface area contributed by atoms with Crippen molar-refractivity contribution >= 4 is 44.5 Å². The van der Waals surface area contributed by atoms with Gasteiger partial charge in [-0.3, -0.25) is 9.59 Å². The first-order valence-electron chi connectivity index (χ1n) is 10.0. The van der Waals surface area contributed by atoms with Gasteiger partial charge in [0.2, 0.25) is 15.9 Å². The van der Waals surface area contributed by atoms with E-state index in [1.54, 1.807) is 32.0 Å². The number of benzene rings is 2. The predicted molar refractivity (Wildman–Crippen MR) is 127 cm³/mol. The van der Waals surface area contributed by atoms with Gasteiger partial charge < -0.3 is 10.6 Å². The second-order valence-corrected chi connectivity index (χ2v) is 10.4. The number of hydrogen-bond donors (Lipinski definition) is 3. The van der Waals surface area contributed by atoms with E-state index in [4.69, 9.17) is 0 Å². The van der Waals surface area contributed by atoms with Gasteiger partial charge in [0.1, 0.15) is 0 Å². The Morgan fingerprint density at radius 3 is 2.34 bits per heavy atom. The molecule has 0 spiro atoms. The molecule has 0 bridgehead atoms. The molecule has 0 saturated heterocycles. The lowest BCUT2D eigenvalue weighted by molar-refractivity contribution is -0.118. The highest BCUT2D eigenvalue weighted by Crippen LogP contribution is 2.22. The van der Waals surface area contributed by atoms with E-state index >= 15 is 0 Å². The molecule has 1 heterocycles. The van der Waals surface area contributed by atoms with E-state index in [1.807, 2.05) is 24.4 Å². The quantitative estimate of drug-likeness (QED) is 0.453. The number of anilines is 2. The van der Waals surface area contributed by atoms with Crippen LogP contribution < -0.4 is 15.4 Å². The van der Waals surface area contributed by atoms with Crippen LogP contribution in [0.4, 0.5) is 11.4 Å². The van der Waals surface area contributed by atoms with Gasteiger partial charge in [-0.05, 0) is 60.3 Å². The number of nitrogens with one attached hydrogen (secondary N) is 3. The molecule has 0 saturated carbocycles. The van der Waals surface area contributed by atoms with Gasteiger partial charge in [-0.15, -0.1) is 11.3 Å². The lowest BCUT2D eigenvalue weighted by Crippen LogP contribution is -2.23. The van der Waals surface area contributed by atoms with Gasteiger partial charge in [0.05, 0.1) is 4.90 Å².